The number of para-hydroxylation sites is 4. The van der Waals surface area contributed by atoms with Crippen molar-refractivity contribution < 1.29 is 8.83 Å². The monoisotopic (exact) mass is 653 g/mol. The lowest BCUT2D eigenvalue weighted by molar-refractivity contribution is 0.666. The van der Waals surface area contributed by atoms with Crippen LogP contribution in [0.4, 0.5) is 17.1 Å². The molecule has 0 amide bonds. The summed E-state index contributed by atoms with van der Waals surface area (Å²) in [7, 11) is 0. The van der Waals surface area contributed by atoms with Crippen LogP contribution in [0.1, 0.15) is 0 Å². The van der Waals surface area contributed by atoms with Crippen molar-refractivity contribution in [1.29, 1.82) is 0 Å². The van der Waals surface area contributed by atoms with E-state index in [1.165, 1.54) is 16.7 Å². The van der Waals surface area contributed by atoms with Crippen molar-refractivity contribution in [3.05, 3.63) is 188 Å². The van der Waals surface area contributed by atoms with Gasteiger partial charge in [0.25, 0.3) is 0 Å². The smallest absolute Gasteiger partial charge is 0.159 e. The topological polar surface area (TPSA) is 29.5 Å². The van der Waals surface area contributed by atoms with Crippen LogP contribution in [-0.4, -0.2) is 0 Å². The van der Waals surface area contributed by atoms with Gasteiger partial charge >= 0.3 is 0 Å². The highest BCUT2D eigenvalue weighted by molar-refractivity contribution is 6.15. The second kappa shape index (κ2) is 11.9. The summed E-state index contributed by atoms with van der Waals surface area (Å²) in [5.74, 6) is 0. The van der Waals surface area contributed by atoms with Gasteiger partial charge in [0.15, 0.2) is 11.2 Å². The number of furan rings is 2. The van der Waals surface area contributed by atoms with E-state index in [1.807, 2.05) is 18.2 Å². The maximum atomic E-state index is 6.94. The van der Waals surface area contributed by atoms with E-state index in [1.54, 1.807) is 0 Å². The standard InChI is InChI=1S/C48H31NO2/c1-3-13-32(14-4-1)35-17-9-18-36(31-35)33-27-29-37(30-28-33)49(43-24-11-22-40-39-19-7-8-26-45(39)50-47(40)43)44-25-12-23-42-41-21-10-20-38(46(41)51-48(42)44)34-15-5-2-6-16-34/h1-31H. The lowest BCUT2D eigenvalue weighted by Crippen LogP contribution is -2.10. The van der Waals surface area contributed by atoms with Crippen molar-refractivity contribution in [2.75, 3.05) is 4.90 Å². The largest absolute Gasteiger partial charge is 0.454 e. The number of rotatable bonds is 6. The van der Waals surface area contributed by atoms with Crippen LogP contribution in [0.15, 0.2) is 197 Å². The Kier molecular flexibility index (Phi) is 6.81. The molecule has 8 aromatic carbocycles. The lowest BCUT2D eigenvalue weighted by Gasteiger charge is -2.25. The summed E-state index contributed by atoms with van der Waals surface area (Å²) < 4.78 is 13.6. The lowest BCUT2D eigenvalue weighted by atomic mass is 9.99. The van der Waals surface area contributed by atoms with Gasteiger partial charge in [-0.1, -0.05) is 152 Å². The minimum absolute atomic E-state index is 0.823. The predicted molar refractivity (Wildman–Crippen MR) is 212 cm³/mol. The second-order valence-electron chi connectivity index (χ2n) is 12.9. The summed E-state index contributed by atoms with van der Waals surface area (Å²) in [6, 6.07) is 66.0. The van der Waals surface area contributed by atoms with E-state index in [-0.39, 0.29) is 0 Å². The second-order valence-corrected chi connectivity index (χ2v) is 12.9. The molecule has 0 aliphatic carbocycles. The molecule has 0 unspecified atom stereocenters. The van der Waals surface area contributed by atoms with Crippen LogP contribution in [0, 0.1) is 0 Å². The normalized spacial score (nSPS) is 11.5. The predicted octanol–water partition coefficient (Wildman–Crippen LogP) is 14.0. The van der Waals surface area contributed by atoms with Crippen LogP contribution in [0.5, 0.6) is 0 Å². The Morgan fingerprint density at radius 2 is 0.804 bits per heavy atom. The summed E-state index contributed by atoms with van der Waals surface area (Å²) in [5.41, 5.74) is 13.2. The fourth-order valence-corrected chi connectivity index (χ4v) is 7.45. The molecule has 0 aliphatic rings. The van der Waals surface area contributed by atoms with E-state index in [0.717, 1.165) is 77.6 Å². The summed E-state index contributed by atoms with van der Waals surface area (Å²) in [6.07, 6.45) is 0. The summed E-state index contributed by atoms with van der Waals surface area (Å²) in [4.78, 5) is 2.28. The quantitative estimate of drug-likeness (QED) is 0.179. The molecule has 0 spiro atoms. The molecule has 0 N–H and O–H groups in total. The van der Waals surface area contributed by atoms with E-state index < -0.39 is 0 Å². The molecule has 240 valence electrons. The van der Waals surface area contributed by atoms with E-state index >= 15 is 0 Å². The molecule has 3 heteroatoms. The SMILES string of the molecule is c1ccc(-c2cccc(-c3ccc(N(c4cccc5c4oc4ccccc45)c4cccc5c4oc4c(-c6ccccc6)cccc45)cc3)c2)cc1. The Morgan fingerprint density at radius 1 is 0.314 bits per heavy atom. The minimum atomic E-state index is 0.823. The first-order valence-electron chi connectivity index (χ1n) is 17.3. The highest BCUT2D eigenvalue weighted by Crippen LogP contribution is 2.47. The average Bonchev–Trinajstić information content (AvgIpc) is 3.79. The molecule has 0 saturated heterocycles. The average molecular weight is 654 g/mol. The Balaban J connectivity index is 1.18. The van der Waals surface area contributed by atoms with Crippen LogP contribution in [0.2, 0.25) is 0 Å². The van der Waals surface area contributed by atoms with Gasteiger partial charge in [0.05, 0.1) is 11.4 Å². The highest BCUT2D eigenvalue weighted by atomic mass is 16.3. The Labute approximate surface area is 295 Å². The summed E-state index contributed by atoms with van der Waals surface area (Å²) >= 11 is 0. The molecule has 2 heterocycles. The molecule has 0 atom stereocenters. The molecule has 0 fully saturated rings. The number of anilines is 3. The van der Waals surface area contributed by atoms with Gasteiger partial charge in [-0.3, -0.25) is 0 Å². The molecule has 10 rings (SSSR count). The number of hydrogen-bond donors (Lipinski definition) is 0. The van der Waals surface area contributed by atoms with Crippen LogP contribution in [0.25, 0.3) is 77.3 Å². The third kappa shape index (κ3) is 4.90. The van der Waals surface area contributed by atoms with Crippen molar-refractivity contribution in [2.24, 2.45) is 0 Å². The van der Waals surface area contributed by atoms with Crippen molar-refractivity contribution in [3.8, 4) is 33.4 Å². The van der Waals surface area contributed by atoms with Crippen LogP contribution in [0.3, 0.4) is 0 Å². The molecule has 0 radical (unpaired) electrons. The van der Waals surface area contributed by atoms with Gasteiger partial charge in [-0.05, 0) is 64.2 Å². The van der Waals surface area contributed by atoms with Crippen LogP contribution < -0.4 is 4.90 Å². The first-order valence-corrected chi connectivity index (χ1v) is 17.3. The molecule has 0 saturated carbocycles. The Morgan fingerprint density at radius 3 is 1.51 bits per heavy atom. The first-order chi connectivity index (χ1) is 25.3. The van der Waals surface area contributed by atoms with Gasteiger partial charge < -0.3 is 13.7 Å². The zero-order valence-corrected chi connectivity index (χ0v) is 27.7. The van der Waals surface area contributed by atoms with Gasteiger partial charge in [0, 0.05) is 32.8 Å². The van der Waals surface area contributed by atoms with Crippen molar-refractivity contribution in [2.45, 2.75) is 0 Å². The van der Waals surface area contributed by atoms with Crippen LogP contribution in [-0.2, 0) is 0 Å². The fraction of sp³-hybridized carbons (Fsp3) is 0. The van der Waals surface area contributed by atoms with E-state index in [0.29, 0.717) is 0 Å². The van der Waals surface area contributed by atoms with Crippen molar-refractivity contribution in [3.63, 3.8) is 0 Å². The minimum Gasteiger partial charge on any atom is -0.454 e. The third-order valence-electron chi connectivity index (χ3n) is 9.88. The molecule has 0 aliphatic heterocycles. The molecule has 51 heavy (non-hydrogen) atoms. The summed E-state index contributed by atoms with van der Waals surface area (Å²) in [6.45, 7) is 0. The Hall–Kier alpha value is -6.84. The highest BCUT2D eigenvalue weighted by Gasteiger charge is 2.24. The maximum absolute atomic E-state index is 6.94. The number of hydrogen-bond acceptors (Lipinski definition) is 3. The van der Waals surface area contributed by atoms with E-state index in [2.05, 4.69) is 175 Å². The zero-order chi connectivity index (χ0) is 33.7. The van der Waals surface area contributed by atoms with Gasteiger partial charge in [-0.15, -0.1) is 0 Å². The van der Waals surface area contributed by atoms with E-state index in [9.17, 15) is 0 Å². The van der Waals surface area contributed by atoms with Gasteiger partial charge in [0.1, 0.15) is 11.2 Å². The molecule has 3 nitrogen and oxygen atoms in total. The van der Waals surface area contributed by atoms with Gasteiger partial charge in [-0.2, -0.15) is 0 Å². The number of fused-ring (bicyclic) bond motifs is 6. The van der Waals surface area contributed by atoms with Crippen LogP contribution >= 0.6 is 0 Å². The molecule has 10 aromatic rings. The molecule has 0 bridgehead atoms. The number of benzene rings is 8. The van der Waals surface area contributed by atoms with Crippen molar-refractivity contribution >= 4 is 60.9 Å². The van der Waals surface area contributed by atoms with Crippen molar-refractivity contribution in [1.82, 2.24) is 0 Å². The fourth-order valence-electron chi connectivity index (χ4n) is 7.45. The van der Waals surface area contributed by atoms with E-state index in [4.69, 9.17) is 8.83 Å². The number of nitrogens with zero attached hydrogens (tertiary/aromatic N) is 1. The molecule has 2 aromatic heterocycles. The van der Waals surface area contributed by atoms with Gasteiger partial charge in [-0.25, -0.2) is 0 Å². The molecular formula is C48H31NO2. The molecular weight excluding hydrogens is 623 g/mol. The maximum Gasteiger partial charge on any atom is 0.159 e. The zero-order valence-electron chi connectivity index (χ0n) is 27.7. The Bertz CT molecular complexity index is 2850. The first kappa shape index (κ1) is 29.1. The summed E-state index contributed by atoms with van der Waals surface area (Å²) in [5, 5.41) is 4.32. The van der Waals surface area contributed by atoms with Gasteiger partial charge in [0.2, 0.25) is 0 Å². The third-order valence-corrected chi connectivity index (χ3v) is 9.88.